The van der Waals surface area contributed by atoms with Crippen LogP contribution in [0, 0.1) is 0 Å². The summed E-state index contributed by atoms with van der Waals surface area (Å²) in [6.07, 6.45) is 35.1. The number of unbranched alkanes of at least 4 members (excludes halogenated alkanes) is 30. The van der Waals surface area contributed by atoms with Gasteiger partial charge in [-0.2, -0.15) is 0 Å². The van der Waals surface area contributed by atoms with Gasteiger partial charge in [-0.25, -0.2) is 4.57 Å². The number of phosphoric ester groups is 1. The predicted octanol–water partition coefficient (Wildman–Crippen LogP) is 11.6. The lowest BCUT2D eigenvalue weighted by Crippen LogP contribution is -2.64. The number of esters is 2. The molecule has 0 aromatic carbocycles. The molecule has 1 rings (SSSR count). The van der Waals surface area contributed by atoms with Crippen molar-refractivity contribution in [2.45, 2.75) is 281 Å². The van der Waals surface area contributed by atoms with Crippen LogP contribution in [-0.4, -0.2) is 98.3 Å². The summed E-state index contributed by atoms with van der Waals surface area (Å²) < 4.78 is 33.6. The number of aliphatic hydroxyl groups is 5. The van der Waals surface area contributed by atoms with Gasteiger partial charge in [0.1, 0.15) is 43.2 Å². The minimum atomic E-state index is -5.12. The maximum Gasteiger partial charge on any atom is 0.472 e. The van der Waals surface area contributed by atoms with Gasteiger partial charge in [-0.1, -0.05) is 212 Å². The summed E-state index contributed by atoms with van der Waals surface area (Å²) in [7, 11) is -5.12. The molecular formula is C52H97O13P. The lowest BCUT2D eigenvalue weighted by molar-refractivity contribution is -0.220. The summed E-state index contributed by atoms with van der Waals surface area (Å²) >= 11 is 0. The molecule has 1 aliphatic rings. The van der Waals surface area contributed by atoms with Gasteiger partial charge in [-0.3, -0.25) is 18.6 Å². The molecule has 0 aromatic rings. The van der Waals surface area contributed by atoms with Crippen LogP contribution < -0.4 is 0 Å². The van der Waals surface area contributed by atoms with Gasteiger partial charge in [0.2, 0.25) is 0 Å². The summed E-state index contributed by atoms with van der Waals surface area (Å²) in [4.78, 5) is 35.8. The highest BCUT2D eigenvalue weighted by Crippen LogP contribution is 2.47. The first-order valence-electron chi connectivity index (χ1n) is 26.7. The second-order valence-corrected chi connectivity index (χ2v) is 20.2. The van der Waals surface area contributed by atoms with Gasteiger partial charge < -0.3 is 39.9 Å². The van der Waals surface area contributed by atoms with E-state index in [1.54, 1.807) is 0 Å². The van der Waals surface area contributed by atoms with Crippen LogP contribution in [0.1, 0.15) is 239 Å². The molecule has 14 heteroatoms. The third-order valence-corrected chi connectivity index (χ3v) is 13.6. The maximum atomic E-state index is 12.9. The van der Waals surface area contributed by atoms with E-state index < -0.39 is 75.7 Å². The van der Waals surface area contributed by atoms with Crippen LogP contribution in [0.25, 0.3) is 0 Å². The molecule has 1 saturated carbocycles. The van der Waals surface area contributed by atoms with Crippen LogP contribution in [0.15, 0.2) is 24.3 Å². The molecule has 6 N–H and O–H groups in total. The third-order valence-electron chi connectivity index (χ3n) is 12.6. The zero-order valence-corrected chi connectivity index (χ0v) is 42.4. The summed E-state index contributed by atoms with van der Waals surface area (Å²) in [5.74, 6) is -1.10. The number of allylic oxidation sites excluding steroid dienone is 4. The highest BCUT2D eigenvalue weighted by Gasteiger charge is 2.51. The van der Waals surface area contributed by atoms with E-state index in [2.05, 4.69) is 38.2 Å². The molecule has 1 aliphatic carbocycles. The zero-order valence-electron chi connectivity index (χ0n) is 41.5. The number of rotatable bonds is 45. The Morgan fingerprint density at radius 3 is 1.21 bits per heavy atom. The Kier molecular flexibility index (Phi) is 39.9. The lowest BCUT2D eigenvalue weighted by atomic mass is 9.85. The number of hydrogen-bond acceptors (Lipinski definition) is 12. The van der Waals surface area contributed by atoms with E-state index in [1.807, 2.05) is 0 Å². The standard InChI is InChI=1S/C52H97O13P/c1-3-5-7-9-11-13-15-17-19-20-21-22-23-24-25-27-29-31-33-35-37-39-41-46(54)64-44(43-63-66(60,61)65-52-50(58)48(56)47(55)49(57)51(52)59)42-62-45(53)40-38-36-34-32-30-28-26-18-16-14-12-10-8-6-4-2/h14,16,18,26,44,47-52,55-59H,3-13,15,17,19-25,27-43H2,1-2H3,(H,60,61)/b16-14+,26-18+/t44-,47?,48-,49?,50?,51?,52?/m1/s1. The molecule has 0 amide bonds. The van der Waals surface area contributed by atoms with Crippen molar-refractivity contribution in [3.8, 4) is 0 Å². The topological polar surface area (TPSA) is 210 Å². The van der Waals surface area contributed by atoms with Gasteiger partial charge in [0.05, 0.1) is 6.61 Å². The number of hydrogen-bond donors (Lipinski definition) is 6. The fourth-order valence-corrected chi connectivity index (χ4v) is 9.25. The van der Waals surface area contributed by atoms with Crippen LogP contribution in [0.4, 0.5) is 0 Å². The van der Waals surface area contributed by atoms with Gasteiger partial charge in [0, 0.05) is 12.8 Å². The van der Waals surface area contributed by atoms with Gasteiger partial charge in [0.25, 0.3) is 0 Å². The summed E-state index contributed by atoms with van der Waals surface area (Å²) in [6.45, 7) is 3.31. The minimum Gasteiger partial charge on any atom is -0.462 e. The maximum absolute atomic E-state index is 12.9. The fraction of sp³-hybridized carbons (Fsp3) is 0.885. The molecule has 13 nitrogen and oxygen atoms in total. The second-order valence-electron chi connectivity index (χ2n) is 18.8. The van der Waals surface area contributed by atoms with Crippen LogP contribution in [0.5, 0.6) is 0 Å². The Morgan fingerprint density at radius 2 is 0.803 bits per heavy atom. The quantitative estimate of drug-likeness (QED) is 0.0145. The van der Waals surface area contributed by atoms with Gasteiger partial charge in [0.15, 0.2) is 6.10 Å². The van der Waals surface area contributed by atoms with Crippen molar-refractivity contribution in [3.63, 3.8) is 0 Å². The molecular weight excluding hydrogens is 864 g/mol. The third kappa shape index (κ3) is 33.8. The van der Waals surface area contributed by atoms with Crippen LogP contribution >= 0.6 is 7.82 Å². The van der Waals surface area contributed by atoms with Crippen molar-refractivity contribution < 1.29 is 63.1 Å². The van der Waals surface area contributed by atoms with Crippen molar-refractivity contribution in [2.75, 3.05) is 13.2 Å². The Morgan fingerprint density at radius 1 is 0.470 bits per heavy atom. The Balaban J connectivity index is 2.36. The van der Waals surface area contributed by atoms with Crippen molar-refractivity contribution in [1.82, 2.24) is 0 Å². The van der Waals surface area contributed by atoms with Crippen molar-refractivity contribution in [2.24, 2.45) is 0 Å². The average molecular weight is 961 g/mol. The summed E-state index contributed by atoms with van der Waals surface area (Å²) in [5, 5.41) is 50.3. The Bertz CT molecular complexity index is 1250. The largest absolute Gasteiger partial charge is 0.472 e. The van der Waals surface area contributed by atoms with Gasteiger partial charge in [-0.05, 0) is 38.5 Å². The summed E-state index contributed by atoms with van der Waals surface area (Å²) in [6, 6.07) is 0. The van der Waals surface area contributed by atoms with Crippen molar-refractivity contribution >= 4 is 19.8 Å². The average Bonchev–Trinajstić information content (AvgIpc) is 3.30. The SMILES string of the molecule is CCCCCC/C=C/C=C/CCCCCCCC(=O)OC[C@H](COP(=O)(O)OC1C(O)C(O)C(O)[C@@H](O)C1O)OC(=O)CCCCCCCCCCCCCCCCCCCCCCCC. The number of carbonyl (C=O) groups excluding carboxylic acids is 2. The van der Waals surface area contributed by atoms with E-state index in [4.69, 9.17) is 18.5 Å². The highest BCUT2D eigenvalue weighted by atomic mass is 31.2. The monoisotopic (exact) mass is 961 g/mol. The van der Waals surface area contributed by atoms with E-state index in [0.717, 1.165) is 57.8 Å². The van der Waals surface area contributed by atoms with E-state index >= 15 is 0 Å². The number of phosphoric acid groups is 1. The zero-order chi connectivity index (χ0) is 48.5. The highest BCUT2D eigenvalue weighted by molar-refractivity contribution is 7.47. The molecule has 0 aliphatic heterocycles. The first-order chi connectivity index (χ1) is 31.9. The molecule has 1 fully saturated rings. The number of aliphatic hydroxyl groups excluding tert-OH is 5. The molecule has 388 valence electrons. The summed E-state index contributed by atoms with van der Waals surface area (Å²) in [5.41, 5.74) is 0. The van der Waals surface area contributed by atoms with Gasteiger partial charge in [-0.15, -0.1) is 0 Å². The second kappa shape index (κ2) is 42.2. The fourth-order valence-electron chi connectivity index (χ4n) is 8.28. The molecule has 8 atom stereocenters. The van der Waals surface area contributed by atoms with E-state index in [0.29, 0.717) is 12.8 Å². The first kappa shape index (κ1) is 62.3. The van der Waals surface area contributed by atoms with E-state index in [1.165, 1.54) is 141 Å². The molecule has 6 unspecified atom stereocenters. The van der Waals surface area contributed by atoms with Crippen LogP contribution in [0.2, 0.25) is 0 Å². The molecule has 0 spiro atoms. The minimum absolute atomic E-state index is 0.0983. The molecule has 66 heavy (non-hydrogen) atoms. The van der Waals surface area contributed by atoms with E-state index in [-0.39, 0.29) is 12.8 Å². The molecule has 0 heterocycles. The van der Waals surface area contributed by atoms with Crippen molar-refractivity contribution in [1.29, 1.82) is 0 Å². The predicted molar refractivity (Wildman–Crippen MR) is 263 cm³/mol. The van der Waals surface area contributed by atoms with E-state index in [9.17, 15) is 44.6 Å². The Labute approximate surface area is 400 Å². The number of ether oxygens (including phenoxy) is 2. The number of carbonyl (C=O) groups is 2. The lowest BCUT2D eigenvalue weighted by Gasteiger charge is -2.41. The van der Waals surface area contributed by atoms with Crippen molar-refractivity contribution in [3.05, 3.63) is 24.3 Å². The van der Waals surface area contributed by atoms with Crippen LogP contribution in [0.3, 0.4) is 0 Å². The molecule has 0 radical (unpaired) electrons. The molecule has 0 bridgehead atoms. The van der Waals surface area contributed by atoms with Gasteiger partial charge >= 0.3 is 19.8 Å². The Hall–Kier alpha value is -1.67. The first-order valence-corrected chi connectivity index (χ1v) is 28.2. The normalized spacial score (nSPS) is 21.4. The molecule has 0 aromatic heterocycles. The smallest absolute Gasteiger partial charge is 0.462 e. The van der Waals surface area contributed by atoms with Crippen LogP contribution in [-0.2, 0) is 32.7 Å². The molecule has 0 saturated heterocycles.